The Morgan fingerprint density at radius 1 is 0.358 bits per heavy atom. The molecule has 0 aromatic rings. The lowest BCUT2D eigenvalue weighted by Gasteiger charge is -2.22. The molecule has 0 aromatic heterocycles. The Morgan fingerprint density at radius 2 is 0.612 bits per heavy atom. The van der Waals surface area contributed by atoms with Crippen molar-refractivity contribution in [1.82, 2.24) is 5.32 Å². The van der Waals surface area contributed by atoms with E-state index in [1.54, 1.807) is 0 Å². The van der Waals surface area contributed by atoms with Gasteiger partial charge in [-0.05, 0) is 25.7 Å². The normalized spacial score (nSPS) is 12.5. The number of hydrogen-bond acceptors (Lipinski definition) is 5. The van der Waals surface area contributed by atoms with Crippen LogP contribution in [0.15, 0.2) is 0 Å². The van der Waals surface area contributed by atoms with E-state index in [9.17, 15) is 19.8 Å². The van der Waals surface area contributed by atoms with E-state index in [-0.39, 0.29) is 18.5 Å². The lowest BCUT2D eigenvalue weighted by Crippen LogP contribution is -2.45. The van der Waals surface area contributed by atoms with Crippen LogP contribution in [0.1, 0.15) is 354 Å². The fourth-order valence-electron chi connectivity index (χ4n) is 9.94. The molecule has 2 unspecified atom stereocenters. The number of aliphatic hydroxyl groups excluding tert-OH is 2. The Morgan fingerprint density at radius 3 is 0.910 bits per heavy atom. The highest BCUT2D eigenvalue weighted by atomic mass is 16.5. The zero-order chi connectivity index (χ0) is 48.6. The van der Waals surface area contributed by atoms with Gasteiger partial charge in [-0.25, -0.2) is 0 Å². The molecule has 6 nitrogen and oxygen atoms in total. The number of nitrogens with one attached hydrogen (secondary N) is 1. The predicted molar refractivity (Wildman–Crippen MR) is 292 cm³/mol. The van der Waals surface area contributed by atoms with Crippen molar-refractivity contribution in [3.8, 4) is 0 Å². The molecule has 6 heteroatoms. The molecular weight excluding hydrogens is 827 g/mol. The van der Waals surface area contributed by atoms with E-state index < -0.39 is 12.1 Å². The first-order chi connectivity index (χ1) is 33.0. The van der Waals surface area contributed by atoms with Crippen LogP contribution in [-0.2, 0) is 14.3 Å². The number of esters is 1. The third kappa shape index (κ3) is 54.0. The van der Waals surface area contributed by atoms with Crippen LogP contribution in [-0.4, -0.2) is 47.4 Å². The number of amides is 1. The predicted octanol–water partition coefficient (Wildman–Crippen LogP) is 19.1. The minimum absolute atomic E-state index is 0.00724. The number of rotatable bonds is 58. The maximum atomic E-state index is 12.5. The average Bonchev–Trinajstić information content (AvgIpc) is 3.33. The number of aliphatic hydroxyl groups is 2. The van der Waals surface area contributed by atoms with E-state index >= 15 is 0 Å². The summed E-state index contributed by atoms with van der Waals surface area (Å²) in [6, 6.07) is -0.555. The molecular formula is C61H121NO5. The largest absolute Gasteiger partial charge is 0.466 e. The zero-order valence-electron chi connectivity index (χ0n) is 45.7. The van der Waals surface area contributed by atoms with E-state index in [1.807, 2.05) is 0 Å². The molecule has 0 bridgehead atoms. The van der Waals surface area contributed by atoms with Crippen molar-refractivity contribution in [1.29, 1.82) is 0 Å². The first-order valence-corrected chi connectivity index (χ1v) is 30.8. The van der Waals surface area contributed by atoms with Crippen LogP contribution in [0.4, 0.5) is 0 Å². The van der Waals surface area contributed by atoms with Crippen molar-refractivity contribution in [3.05, 3.63) is 0 Å². The highest BCUT2D eigenvalue weighted by Crippen LogP contribution is 2.18. The van der Waals surface area contributed by atoms with Gasteiger partial charge in [0.25, 0.3) is 0 Å². The third-order valence-corrected chi connectivity index (χ3v) is 14.7. The minimum Gasteiger partial charge on any atom is -0.466 e. The summed E-state index contributed by atoms with van der Waals surface area (Å²) in [4.78, 5) is 24.6. The maximum absolute atomic E-state index is 12.5. The molecule has 0 aliphatic rings. The molecule has 0 saturated heterocycles. The summed E-state index contributed by atoms with van der Waals surface area (Å²) < 4.78 is 5.49. The zero-order valence-corrected chi connectivity index (χ0v) is 45.7. The number of hydrogen-bond donors (Lipinski definition) is 3. The lowest BCUT2D eigenvalue weighted by molar-refractivity contribution is -0.143. The van der Waals surface area contributed by atoms with Crippen LogP contribution in [0.3, 0.4) is 0 Å². The summed E-state index contributed by atoms with van der Waals surface area (Å²) in [5, 5.41) is 23.3. The molecule has 1 amide bonds. The standard InChI is InChI=1S/C61H121NO5/c1-3-5-7-9-11-13-15-17-19-21-23-25-26-28-30-33-37-41-45-49-53-59(64)58(57-63)62-60(65)54-50-46-42-38-34-32-36-40-44-48-52-56-67-61(66)55-51-47-43-39-35-31-29-27-24-22-20-18-16-14-12-10-8-6-4-2/h58-59,63-64H,3-57H2,1-2H3,(H,62,65). The van der Waals surface area contributed by atoms with Crippen LogP contribution in [0.2, 0.25) is 0 Å². The summed E-state index contributed by atoms with van der Waals surface area (Å²) >= 11 is 0. The van der Waals surface area contributed by atoms with E-state index in [0.717, 1.165) is 57.8 Å². The van der Waals surface area contributed by atoms with Gasteiger partial charge in [0.1, 0.15) is 0 Å². The summed E-state index contributed by atoms with van der Waals surface area (Å²) in [7, 11) is 0. The van der Waals surface area contributed by atoms with E-state index in [0.29, 0.717) is 25.9 Å². The summed E-state index contributed by atoms with van der Waals surface area (Å²) in [5.41, 5.74) is 0. The summed E-state index contributed by atoms with van der Waals surface area (Å²) in [6.45, 7) is 4.95. The van der Waals surface area contributed by atoms with Gasteiger partial charge in [0.2, 0.25) is 5.91 Å². The molecule has 0 fully saturated rings. The number of unbranched alkanes of at least 4 members (excludes halogenated alkanes) is 47. The molecule has 400 valence electrons. The Bertz CT molecular complexity index is 959. The highest BCUT2D eigenvalue weighted by Gasteiger charge is 2.20. The minimum atomic E-state index is -0.676. The molecule has 3 N–H and O–H groups in total. The van der Waals surface area contributed by atoms with Gasteiger partial charge < -0.3 is 20.3 Å². The molecule has 0 aliphatic heterocycles. The maximum Gasteiger partial charge on any atom is 0.305 e. The van der Waals surface area contributed by atoms with E-state index in [1.165, 1.54) is 263 Å². The van der Waals surface area contributed by atoms with E-state index in [4.69, 9.17) is 4.74 Å². The highest BCUT2D eigenvalue weighted by molar-refractivity contribution is 5.76. The van der Waals surface area contributed by atoms with Gasteiger partial charge in [-0.2, -0.15) is 0 Å². The molecule has 0 rings (SSSR count). The average molecular weight is 949 g/mol. The summed E-state index contributed by atoms with van der Waals surface area (Å²) in [6.07, 6.45) is 66.7. The van der Waals surface area contributed by atoms with Gasteiger partial charge in [0.15, 0.2) is 0 Å². The van der Waals surface area contributed by atoms with E-state index in [2.05, 4.69) is 19.2 Å². The Kier molecular flexibility index (Phi) is 56.5. The molecule has 0 heterocycles. The van der Waals surface area contributed by atoms with Gasteiger partial charge >= 0.3 is 5.97 Å². The second-order valence-electron chi connectivity index (χ2n) is 21.4. The number of carbonyl (C=O) groups is 2. The first kappa shape index (κ1) is 65.9. The summed E-state index contributed by atoms with van der Waals surface area (Å²) in [5.74, 6) is -0.0561. The topological polar surface area (TPSA) is 95.9 Å². The van der Waals surface area contributed by atoms with Crippen molar-refractivity contribution < 1.29 is 24.5 Å². The second-order valence-corrected chi connectivity index (χ2v) is 21.4. The van der Waals surface area contributed by atoms with Crippen LogP contribution in [0.5, 0.6) is 0 Å². The Balaban J connectivity index is 3.42. The fourth-order valence-corrected chi connectivity index (χ4v) is 9.94. The molecule has 67 heavy (non-hydrogen) atoms. The quantitative estimate of drug-likeness (QED) is 0.0417. The third-order valence-electron chi connectivity index (χ3n) is 14.7. The van der Waals surface area contributed by atoms with Gasteiger partial charge in [0, 0.05) is 12.8 Å². The van der Waals surface area contributed by atoms with Crippen molar-refractivity contribution in [2.24, 2.45) is 0 Å². The van der Waals surface area contributed by atoms with Gasteiger partial charge in [-0.15, -0.1) is 0 Å². The van der Waals surface area contributed by atoms with Gasteiger partial charge in [-0.3, -0.25) is 9.59 Å². The Hall–Kier alpha value is -1.14. The van der Waals surface area contributed by atoms with Crippen LogP contribution in [0.25, 0.3) is 0 Å². The monoisotopic (exact) mass is 948 g/mol. The lowest BCUT2D eigenvalue weighted by atomic mass is 10.0. The first-order valence-electron chi connectivity index (χ1n) is 30.8. The molecule has 0 spiro atoms. The van der Waals surface area contributed by atoms with Gasteiger partial charge in [0.05, 0.1) is 25.4 Å². The second kappa shape index (κ2) is 57.4. The van der Waals surface area contributed by atoms with Crippen LogP contribution in [0, 0.1) is 0 Å². The fraction of sp³-hybridized carbons (Fsp3) is 0.967. The molecule has 0 aromatic carbocycles. The van der Waals surface area contributed by atoms with Crippen LogP contribution < -0.4 is 5.32 Å². The SMILES string of the molecule is CCCCCCCCCCCCCCCCCCCCCCC(O)C(CO)NC(=O)CCCCCCCCCCCCCOC(=O)CCCCCCCCCCCCCCCCCCCCC. The van der Waals surface area contributed by atoms with Gasteiger partial charge in [-0.1, -0.05) is 316 Å². The van der Waals surface area contributed by atoms with Crippen molar-refractivity contribution in [3.63, 3.8) is 0 Å². The van der Waals surface area contributed by atoms with Crippen molar-refractivity contribution in [2.45, 2.75) is 366 Å². The molecule has 0 radical (unpaired) electrons. The number of carbonyl (C=O) groups excluding carboxylic acids is 2. The Labute approximate surface area is 419 Å². The molecule has 0 saturated carbocycles. The number of ether oxygens (including phenoxy) is 1. The smallest absolute Gasteiger partial charge is 0.305 e. The van der Waals surface area contributed by atoms with Crippen molar-refractivity contribution >= 4 is 11.9 Å². The van der Waals surface area contributed by atoms with Crippen molar-refractivity contribution in [2.75, 3.05) is 13.2 Å². The molecule has 0 aliphatic carbocycles. The molecule has 2 atom stereocenters. The van der Waals surface area contributed by atoms with Crippen LogP contribution >= 0.6 is 0 Å².